The van der Waals surface area contributed by atoms with E-state index in [1.807, 2.05) is 0 Å². The lowest BCUT2D eigenvalue weighted by molar-refractivity contribution is -0.114. The number of amides is 2. The predicted octanol–water partition coefficient (Wildman–Crippen LogP) is 2.08. The highest BCUT2D eigenvalue weighted by Crippen LogP contribution is 2.26. The molecule has 3 rings (SSSR count). The molecule has 2 fully saturated rings. The van der Waals surface area contributed by atoms with Gasteiger partial charge in [-0.1, -0.05) is 0 Å². The van der Waals surface area contributed by atoms with Gasteiger partial charge in [0.25, 0.3) is 5.91 Å². The zero-order valence-electron chi connectivity index (χ0n) is 12.6. The van der Waals surface area contributed by atoms with Crippen molar-refractivity contribution in [2.75, 3.05) is 5.32 Å². The number of carbonyl (C=O) groups excluding carboxylic acids is 2. The van der Waals surface area contributed by atoms with Crippen LogP contribution in [0.25, 0.3) is 0 Å². The molecule has 1 aromatic carbocycles. The van der Waals surface area contributed by atoms with E-state index >= 15 is 0 Å². The molecule has 0 radical (unpaired) electrons. The average Bonchev–Trinajstić information content (AvgIpc) is 2.78. The van der Waals surface area contributed by atoms with E-state index in [2.05, 4.69) is 16.0 Å². The highest BCUT2D eigenvalue weighted by Gasteiger charge is 2.34. The van der Waals surface area contributed by atoms with Gasteiger partial charge in [0, 0.05) is 36.3 Å². The number of rotatable bonds is 3. The van der Waals surface area contributed by atoms with Crippen molar-refractivity contribution in [2.24, 2.45) is 0 Å². The molecule has 2 heterocycles. The van der Waals surface area contributed by atoms with Gasteiger partial charge in [0.15, 0.2) is 0 Å². The third-order valence-electron chi connectivity index (χ3n) is 4.28. The Labute approximate surface area is 136 Å². The Balaban J connectivity index is 0.00000176. The summed E-state index contributed by atoms with van der Waals surface area (Å²) in [6.07, 6.45) is 4.49. The highest BCUT2D eigenvalue weighted by molar-refractivity contribution is 5.95. The maximum absolute atomic E-state index is 12.3. The molecule has 22 heavy (non-hydrogen) atoms. The Hall–Kier alpha value is -1.59. The molecule has 0 spiro atoms. The van der Waals surface area contributed by atoms with Gasteiger partial charge in [-0.3, -0.25) is 9.59 Å². The molecule has 0 aromatic heterocycles. The summed E-state index contributed by atoms with van der Waals surface area (Å²) in [5.74, 6) is -0.145. The summed E-state index contributed by atoms with van der Waals surface area (Å²) in [6, 6.07) is 8.40. The van der Waals surface area contributed by atoms with E-state index in [0.29, 0.717) is 23.3 Å². The molecule has 1 aromatic rings. The monoisotopic (exact) mass is 323 g/mol. The Morgan fingerprint density at radius 2 is 1.68 bits per heavy atom. The summed E-state index contributed by atoms with van der Waals surface area (Å²) < 4.78 is 0. The van der Waals surface area contributed by atoms with Crippen LogP contribution in [0.1, 0.15) is 43.0 Å². The van der Waals surface area contributed by atoms with Crippen LogP contribution in [0, 0.1) is 0 Å². The van der Waals surface area contributed by atoms with Crippen molar-refractivity contribution in [3.8, 4) is 0 Å². The molecule has 2 bridgehead atoms. The van der Waals surface area contributed by atoms with Crippen molar-refractivity contribution in [1.82, 2.24) is 10.6 Å². The average molecular weight is 324 g/mol. The van der Waals surface area contributed by atoms with Gasteiger partial charge in [-0.2, -0.15) is 0 Å². The molecule has 2 aliphatic rings. The van der Waals surface area contributed by atoms with Gasteiger partial charge in [-0.15, -0.1) is 12.4 Å². The lowest BCUT2D eigenvalue weighted by Gasteiger charge is -2.29. The first-order valence-electron chi connectivity index (χ1n) is 7.55. The van der Waals surface area contributed by atoms with Crippen LogP contribution in [-0.2, 0) is 4.79 Å². The van der Waals surface area contributed by atoms with E-state index in [-0.39, 0.29) is 30.3 Å². The van der Waals surface area contributed by atoms with Crippen molar-refractivity contribution in [3.05, 3.63) is 29.8 Å². The zero-order chi connectivity index (χ0) is 14.8. The Morgan fingerprint density at radius 3 is 2.23 bits per heavy atom. The van der Waals surface area contributed by atoms with Crippen LogP contribution >= 0.6 is 12.4 Å². The van der Waals surface area contributed by atoms with Crippen molar-refractivity contribution in [1.29, 1.82) is 0 Å². The maximum Gasteiger partial charge on any atom is 0.251 e. The van der Waals surface area contributed by atoms with Crippen LogP contribution in [0.2, 0.25) is 0 Å². The van der Waals surface area contributed by atoms with E-state index in [9.17, 15) is 9.59 Å². The van der Waals surface area contributed by atoms with Gasteiger partial charge < -0.3 is 16.0 Å². The van der Waals surface area contributed by atoms with Crippen LogP contribution in [0.3, 0.4) is 0 Å². The molecule has 3 N–H and O–H groups in total. The number of halogens is 1. The standard InChI is InChI=1S/C16H21N3O2.ClH/c1-10(20)17-12-4-2-11(3-5-12)16(21)19-15-8-13-6-7-14(9-15)18-13;/h2-5,13-15,18H,6-9H2,1H3,(H,17,20)(H,19,21);1H. The van der Waals surface area contributed by atoms with E-state index in [4.69, 9.17) is 0 Å². The van der Waals surface area contributed by atoms with Crippen molar-refractivity contribution in [3.63, 3.8) is 0 Å². The number of benzene rings is 1. The summed E-state index contributed by atoms with van der Waals surface area (Å²) in [6.45, 7) is 1.46. The first-order valence-corrected chi connectivity index (χ1v) is 7.55. The largest absolute Gasteiger partial charge is 0.349 e. The summed E-state index contributed by atoms with van der Waals surface area (Å²) in [4.78, 5) is 23.2. The third kappa shape index (κ3) is 3.99. The van der Waals surface area contributed by atoms with E-state index in [1.54, 1.807) is 24.3 Å². The summed E-state index contributed by atoms with van der Waals surface area (Å²) in [5, 5.41) is 9.39. The van der Waals surface area contributed by atoms with E-state index in [0.717, 1.165) is 12.8 Å². The third-order valence-corrected chi connectivity index (χ3v) is 4.28. The Bertz CT molecular complexity index is 535. The molecule has 5 nitrogen and oxygen atoms in total. The quantitative estimate of drug-likeness (QED) is 0.797. The van der Waals surface area contributed by atoms with Gasteiger partial charge in [-0.25, -0.2) is 0 Å². The predicted molar refractivity (Wildman–Crippen MR) is 88.4 cm³/mol. The lowest BCUT2D eigenvalue weighted by Crippen LogP contribution is -2.48. The SMILES string of the molecule is CC(=O)Nc1ccc(C(=O)NC2CC3CCC(C2)N3)cc1.Cl. The van der Waals surface area contributed by atoms with Crippen LogP contribution in [-0.4, -0.2) is 29.9 Å². The molecule has 2 amide bonds. The zero-order valence-corrected chi connectivity index (χ0v) is 13.4. The second-order valence-corrected chi connectivity index (χ2v) is 6.04. The Kier molecular flexibility index (Phi) is 5.42. The van der Waals surface area contributed by atoms with Crippen LogP contribution < -0.4 is 16.0 Å². The number of hydrogen-bond acceptors (Lipinski definition) is 3. The van der Waals surface area contributed by atoms with Crippen molar-refractivity contribution < 1.29 is 9.59 Å². The van der Waals surface area contributed by atoms with Gasteiger partial charge in [0.05, 0.1) is 0 Å². The van der Waals surface area contributed by atoms with Gasteiger partial charge in [0.1, 0.15) is 0 Å². The Morgan fingerprint density at radius 1 is 1.09 bits per heavy atom. The van der Waals surface area contributed by atoms with Crippen molar-refractivity contribution >= 4 is 29.9 Å². The van der Waals surface area contributed by atoms with Crippen LogP contribution in [0.15, 0.2) is 24.3 Å². The summed E-state index contributed by atoms with van der Waals surface area (Å²) >= 11 is 0. The fraction of sp³-hybridized carbons (Fsp3) is 0.500. The van der Waals surface area contributed by atoms with E-state index < -0.39 is 0 Å². The first kappa shape index (κ1) is 16.8. The molecular formula is C16H22ClN3O2. The normalized spacial score (nSPS) is 26.0. The van der Waals surface area contributed by atoms with Crippen LogP contribution in [0.4, 0.5) is 5.69 Å². The first-order chi connectivity index (χ1) is 10.1. The molecule has 2 saturated heterocycles. The second-order valence-electron chi connectivity index (χ2n) is 6.04. The van der Waals surface area contributed by atoms with Gasteiger partial charge in [0.2, 0.25) is 5.91 Å². The minimum atomic E-state index is -0.114. The molecule has 0 aliphatic carbocycles. The number of nitrogens with one attached hydrogen (secondary N) is 3. The smallest absolute Gasteiger partial charge is 0.251 e. The molecule has 120 valence electrons. The molecule has 2 atom stereocenters. The van der Waals surface area contributed by atoms with Gasteiger partial charge >= 0.3 is 0 Å². The molecule has 0 saturated carbocycles. The number of hydrogen-bond donors (Lipinski definition) is 3. The van der Waals surface area contributed by atoms with E-state index in [1.165, 1.54) is 19.8 Å². The molecular weight excluding hydrogens is 302 g/mol. The maximum atomic E-state index is 12.3. The van der Waals surface area contributed by atoms with Crippen LogP contribution in [0.5, 0.6) is 0 Å². The summed E-state index contributed by atoms with van der Waals surface area (Å²) in [5.41, 5.74) is 1.34. The number of piperidine rings is 1. The minimum absolute atomic E-state index is 0. The number of anilines is 1. The van der Waals surface area contributed by atoms with Crippen molar-refractivity contribution in [2.45, 2.75) is 50.7 Å². The number of fused-ring (bicyclic) bond motifs is 2. The molecule has 2 aliphatic heterocycles. The fourth-order valence-corrected chi connectivity index (χ4v) is 3.35. The topological polar surface area (TPSA) is 70.2 Å². The summed E-state index contributed by atoms with van der Waals surface area (Å²) in [7, 11) is 0. The highest BCUT2D eigenvalue weighted by atomic mass is 35.5. The molecule has 2 unspecified atom stereocenters. The molecule has 6 heteroatoms. The minimum Gasteiger partial charge on any atom is -0.349 e. The number of carbonyl (C=O) groups is 2. The lowest BCUT2D eigenvalue weighted by atomic mass is 9.99. The fourth-order valence-electron chi connectivity index (χ4n) is 3.35. The second kappa shape index (κ2) is 7.11. The van der Waals surface area contributed by atoms with Gasteiger partial charge in [-0.05, 0) is 49.9 Å².